The van der Waals surface area contributed by atoms with Crippen LogP contribution >= 0.6 is 0 Å². The number of nitrogens with two attached hydrogens (primary N) is 1. The fraction of sp³-hybridized carbons (Fsp3) is 0.667. The highest BCUT2D eigenvalue weighted by atomic mass is 16.5. The van der Waals surface area contributed by atoms with Gasteiger partial charge in [0.1, 0.15) is 0 Å². The van der Waals surface area contributed by atoms with Crippen molar-refractivity contribution in [2.75, 3.05) is 33.4 Å². The molecule has 0 aromatic carbocycles. The Hall–Kier alpha value is -0.910. The largest absolute Gasteiger partial charge is 0.381 e. The van der Waals surface area contributed by atoms with Crippen LogP contribution in [0.5, 0.6) is 0 Å². The molecule has 1 aliphatic heterocycles. The Morgan fingerprint density at radius 2 is 2.36 bits per heavy atom. The summed E-state index contributed by atoms with van der Waals surface area (Å²) in [4.78, 5) is 13.1. The molecule has 0 bridgehead atoms. The Morgan fingerprint density at radius 1 is 1.71 bits per heavy atom. The number of hydrogen-bond acceptors (Lipinski definition) is 4. The molecule has 0 unspecified atom stereocenters. The van der Waals surface area contributed by atoms with Crippen LogP contribution in [0.25, 0.3) is 0 Å². The maximum atomic E-state index is 11.0. The quantitative estimate of drug-likeness (QED) is 0.261. The lowest BCUT2D eigenvalue weighted by Gasteiger charge is -2.30. The van der Waals surface area contributed by atoms with Crippen molar-refractivity contribution in [2.45, 2.75) is 0 Å². The second-order valence-electron chi connectivity index (χ2n) is 3.68. The molecule has 1 amide bonds. The molecule has 0 aromatic rings. The molecular weight excluding hydrogens is 182 g/mol. The Balaban J connectivity index is 2.21. The summed E-state index contributed by atoms with van der Waals surface area (Å²) in [6.07, 6.45) is 0. The first-order valence-corrected chi connectivity index (χ1v) is 4.58. The number of hydrazine groups is 1. The molecule has 1 rings (SSSR count). The lowest BCUT2D eigenvalue weighted by atomic mass is 10.1. The first-order valence-electron chi connectivity index (χ1n) is 4.58. The van der Waals surface area contributed by atoms with Crippen molar-refractivity contribution >= 4 is 5.91 Å². The lowest BCUT2D eigenvalue weighted by molar-refractivity contribution is -0.117. The van der Waals surface area contributed by atoms with E-state index in [2.05, 4.69) is 12.0 Å². The smallest absolute Gasteiger partial charge is 0.261 e. The number of nitrogens with one attached hydrogen (secondary N) is 1. The van der Waals surface area contributed by atoms with Crippen molar-refractivity contribution in [1.82, 2.24) is 10.3 Å². The zero-order valence-corrected chi connectivity index (χ0v) is 8.45. The summed E-state index contributed by atoms with van der Waals surface area (Å²) in [6.45, 7) is 6.76. The van der Waals surface area contributed by atoms with Crippen molar-refractivity contribution < 1.29 is 9.53 Å². The van der Waals surface area contributed by atoms with Gasteiger partial charge >= 0.3 is 0 Å². The van der Waals surface area contributed by atoms with Gasteiger partial charge in [-0.3, -0.25) is 10.2 Å². The van der Waals surface area contributed by atoms with Crippen molar-refractivity contribution in [1.29, 1.82) is 0 Å². The molecule has 80 valence electrons. The molecule has 0 saturated carbocycles. The lowest BCUT2D eigenvalue weighted by Crippen LogP contribution is -2.40. The second kappa shape index (κ2) is 5.09. The minimum absolute atomic E-state index is 0.304. The van der Waals surface area contributed by atoms with Gasteiger partial charge in [-0.05, 0) is 7.05 Å². The van der Waals surface area contributed by atoms with Crippen LogP contribution in [0.3, 0.4) is 0 Å². The van der Waals surface area contributed by atoms with E-state index in [0.29, 0.717) is 18.0 Å². The van der Waals surface area contributed by atoms with Gasteiger partial charge in [0.25, 0.3) is 5.91 Å². The molecule has 0 aromatic heterocycles. The number of carbonyl (C=O) groups excluding carboxylic acids is 1. The van der Waals surface area contributed by atoms with Crippen molar-refractivity contribution in [3.8, 4) is 0 Å². The van der Waals surface area contributed by atoms with Crippen LogP contribution in [0.2, 0.25) is 0 Å². The zero-order valence-electron chi connectivity index (χ0n) is 8.45. The Bertz CT molecular complexity index is 226. The van der Waals surface area contributed by atoms with E-state index in [1.807, 2.05) is 11.9 Å². The van der Waals surface area contributed by atoms with Gasteiger partial charge in [0.05, 0.1) is 13.2 Å². The highest BCUT2D eigenvalue weighted by molar-refractivity contribution is 5.92. The summed E-state index contributed by atoms with van der Waals surface area (Å²) in [6, 6.07) is 0. The van der Waals surface area contributed by atoms with Gasteiger partial charge < -0.3 is 9.64 Å². The van der Waals surface area contributed by atoms with Crippen molar-refractivity contribution in [2.24, 2.45) is 11.8 Å². The Labute approximate surface area is 83.9 Å². The number of carbonyl (C=O) groups is 1. The maximum Gasteiger partial charge on any atom is 0.261 e. The van der Waals surface area contributed by atoms with Gasteiger partial charge in [0.2, 0.25) is 0 Å². The van der Waals surface area contributed by atoms with Crippen molar-refractivity contribution in [3.05, 3.63) is 12.2 Å². The predicted octanol–water partition coefficient (Wildman–Crippen LogP) is -0.889. The number of likely N-dealkylation sites (N-methyl/N-ethyl adjacent to an activating group) is 1. The molecule has 0 radical (unpaired) electrons. The molecule has 0 atom stereocenters. The first kappa shape index (κ1) is 11.2. The normalized spacial score (nSPS) is 16.5. The molecule has 0 spiro atoms. The van der Waals surface area contributed by atoms with E-state index >= 15 is 0 Å². The molecule has 1 fully saturated rings. The monoisotopic (exact) mass is 199 g/mol. The molecule has 0 aliphatic carbocycles. The summed E-state index contributed by atoms with van der Waals surface area (Å²) in [5, 5.41) is 0. The number of hydrogen-bond donors (Lipinski definition) is 2. The topological polar surface area (TPSA) is 67.6 Å². The van der Waals surface area contributed by atoms with E-state index in [-0.39, 0.29) is 5.91 Å². The molecule has 1 heterocycles. The van der Waals surface area contributed by atoms with Crippen molar-refractivity contribution in [3.63, 3.8) is 0 Å². The molecule has 3 N–H and O–H groups in total. The average molecular weight is 199 g/mol. The van der Waals surface area contributed by atoms with E-state index in [0.717, 1.165) is 19.8 Å². The first-order chi connectivity index (χ1) is 6.63. The van der Waals surface area contributed by atoms with Gasteiger partial charge in [-0.1, -0.05) is 6.58 Å². The summed E-state index contributed by atoms with van der Waals surface area (Å²) in [5.41, 5.74) is 2.54. The van der Waals surface area contributed by atoms with E-state index in [1.165, 1.54) is 0 Å². The summed E-state index contributed by atoms with van der Waals surface area (Å²) in [5.74, 6) is 5.28. The third kappa shape index (κ3) is 3.10. The Kier molecular flexibility index (Phi) is 4.06. The maximum absolute atomic E-state index is 11.0. The third-order valence-corrected chi connectivity index (χ3v) is 2.19. The van der Waals surface area contributed by atoms with Crippen LogP contribution in [0, 0.1) is 5.92 Å². The molecular formula is C9H17N3O2. The summed E-state index contributed by atoms with van der Waals surface area (Å²) < 4.78 is 5.06. The summed E-state index contributed by atoms with van der Waals surface area (Å²) in [7, 11) is 1.95. The van der Waals surface area contributed by atoms with Crippen LogP contribution in [-0.4, -0.2) is 44.2 Å². The van der Waals surface area contributed by atoms with Gasteiger partial charge in [-0.25, -0.2) is 5.84 Å². The summed E-state index contributed by atoms with van der Waals surface area (Å²) >= 11 is 0. The number of nitrogens with zero attached hydrogens (tertiary/aromatic N) is 1. The van der Waals surface area contributed by atoms with Gasteiger partial charge in [-0.15, -0.1) is 0 Å². The minimum atomic E-state index is -0.304. The fourth-order valence-electron chi connectivity index (χ4n) is 1.39. The van der Waals surface area contributed by atoms with Gasteiger partial charge in [-0.2, -0.15) is 0 Å². The second-order valence-corrected chi connectivity index (χ2v) is 3.68. The molecule has 5 nitrogen and oxygen atoms in total. The molecule has 1 saturated heterocycles. The average Bonchev–Trinajstić information content (AvgIpc) is 2.10. The SMILES string of the molecule is C=C(CN(C)CC1COC1)C(=O)NN. The fourth-order valence-corrected chi connectivity index (χ4v) is 1.39. The zero-order chi connectivity index (χ0) is 10.6. The van der Waals surface area contributed by atoms with Crippen LogP contribution in [0.15, 0.2) is 12.2 Å². The highest BCUT2D eigenvalue weighted by Crippen LogP contribution is 2.11. The van der Waals surface area contributed by atoms with E-state index in [4.69, 9.17) is 10.6 Å². The molecule has 1 aliphatic rings. The molecule has 5 heteroatoms. The van der Waals surface area contributed by atoms with E-state index in [1.54, 1.807) is 0 Å². The predicted molar refractivity (Wildman–Crippen MR) is 53.3 cm³/mol. The van der Waals surface area contributed by atoms with Gasteiger partial charge in [0.15, 0.2) is 0 Å². The van der Waals surface area contributed by atoms with Crippen LogP contribution < -0.4 is 11.3 Å². The van der Waals surface area contributed by atoms with Crippen LogP contribution in [-0.2, 0) is 9.53 Å². The van der Waals surface area contributed by atoms with E-state index < -0.39 is 0 Å². The molecule has 14 heavy (non-hydrogen) atoms. The Morgan fingerprint density at radius 3 is 2.79 bits per heavy atom. The number of amides is 1. The highest BCUT2D eigenvalue weighted by Gasteiger charge is 2.20. The minimum Gasteiger partial charge on any atom is -0.381 e. The van der Waals surface area contributed by atoms with Crippen LogP contribution in [0.4, 0.5) is 0 Å². The number of rotatable bonds is 5. The standard InChI is InChI=1S/C9H17N3O2/c1-7(9(13)11-10)3-12(2)4-8-5-14-6-8/h8H,1,3-6,10H2,2H3,(H,11,13). The van der Waals surface area contributed by atoms with Crippen LogP contribution in [0.1, 0.15) is 0 Å². The number of ether oxygens (including phenoxy) is 1. The van der Waals surface area contributed by atoms with E-state index in [9.17, 15) is 4.79 Å². The van der Waals surface area contributed by atoms with Gasteiger partial charge in [0, 0.05) is 24.6 Å². The third-order valence-electron chi connectivity index (χ3n) is 2.19.